The molecule has 1 rings (SSSR count). The third kappa shape index (κ3) is 2.46. The van der Waals surface area contributed by atoms with Crippen molar-refractivity contribution in [1.29, 1.82) is 0 Å². The third-order valence-corrected chi connectivity index (χ3v) is 3.41. The Morgan fingerprint density at radius 2 is 1.69 bits per heavy atom. The van der Waals surface area contributed by atoms with Crippen LogP contribution in [0.5, 0.6) is 0 Å². The van der Waals surface area contributed by atoms with E-state index < -0.39 is 5.60 Å². The van der Waals surface area contributed by atoms with Crippen molar-refractivity contribution >= 4 is 0 Å². The lowest BCUT2D eigenvalue weighted by Crippen LogP contribution is -2.43. The molecule has 78 valence electrons. The van der Waals surface area contributed by atoms with E-state index in [0.717, 1.165) is 12.3 Å². The zero-order chi connectivity index (χ0) is 10.3. The van der Waals surface area contributed by atoms with Crippen LogP contribution in [0.15, 0.2) is 0 Å². The summed E-state index contributed by atoms with van der Waals surface area (Å²) in [6, 6.07) is 0. The van der Waals surface area contributed by atoms with Crippen molar-refractivity contribution in [3.05, 3.63) is 0 Å². The zero-order valence-electron chi connectivity index (χ0n) is 9.72. The standard InChI is InChI=1S/C12H24O/c1-6-12(5,13)10(9-7-8-9)11(2,3)4/h9-10,13H,6-8H2,1-5H3. The van der Waals surface area contributed by atoms with Gasteiger partial charge in [0.1, 0.15) is 0 Å². The van der Waals surface area contributed by atoms with Gasteiger partial charge in [-0.15, -0.1) is 0 Å². The van der Waals surface area contributed by atoms with E-state index in [1.807, 2.05) is 6.92 Å². The zero-order valence-corrected chi connectivity index (χ0v) is 9.72. The summed E-state index contributed by atoms with van der Waals surface area (Å²) in [4.78, 5) is 0. The molecule has 13 heavy (non-hydrogen) atoms. The van der Waals surface area contributed by atoms with E-state index in [0.29, 0.717) is 5.92 Å². The molecule has 0 bridgehead atoms. The first-order chi connectivity index (χ1) is 5.79. The van der Waals surface area contributed by atoms with Crippen LogP contribution in [-0.2, 0) is 0 Å². The van der Waals surface area contributed by atoms with Crippen LogP contribution >= 0.6 is 0 Å². The highest BCUT2D eigenvalue weighted by molar-refractivity contribution is 4.97. The van der Waals surface area contributed by atoms with Gasteiger partial charge in [0.25, 0.3) is 0 Å². The molecule has 1 fully saturated rings. The van der Waals surface area contributed by atoms with Crippen LogP contribution in [-0.4, -0.2) is 10.7 Å². The SMILES string of the molecule is CCC(C)(O)C(C1CC1)C(C)(C)C. The second-order valence-corrected chi connectivity index (χ2v) is 5.89. The summed E-state index contributed by atoms with van der Waals surface area (Å²) in [5.41, 5.74) is -0.236. The first-order valence-corrected chi connectivity index (χ1v) is 5.51. The lowest BCUT2D eigenvalue weighted by molar-refractivity contribution is -0.0611. The molecule has 0 aliphatic heterocycles. The van der Waals surface area contributed by atoms with E-state index in [1.165, 1.54) is 12.8 Å². The topological polar surface area (TPSA) is 20.2 Å². The lowest BCUT2D eigenvalue weighted by Gasteiger charge is -2.41. The largest absolute Gasteiger partial charge is 0.390 e. The Labute approximate surface area is 82.5 Å². The van der Waals surface area contributed by atoms with Crippen molar-refractivity contribution in [2.45, 2.75) is 59.5 Å². The molecule has 1 N–H and O–H groups in total. The second kappa shape index (κ2) is 3.27. The van der Waals surface area contributed by atoms with Crippen LogP contribution in [0.3, 0.4) is 0 Å². The molecule has 0 saturated heterocycles. The Kier molecular flexibility index (Phi) is 2.78. The highest BCUT2D eigenvalue weighted by Gasteiger charge is 2.47. The summed E-state index contributed by atoms with van der Waals surface area (Å²) >= 11 is 0. The van der Waals surface area contributed by atoms with Gasteiger partial charge in [0.05, 0.1) is 5.60 Å². The van der Waals surface area contributed by atoms with Crippen molar-refractivity contribution in [3.8, 4) is 0 Å². The van der Waals surface area contributed by atoms with E-state index in [-0.39, 0.29) is 5.41 Å². The predicted molar refractivity (Wildman–Crippen MR) is 56.6 cm³/mol. The average Bonchev–Trinajstić information content (AvgIpc) is 2.68. The van der Waals surface area contributed by atoms with E-state index in [1.54, 1.807) is 0 Å². The van der Waals surface area contributed by atoms with Crippen molar-refractivity contribution < 1.29 is 5.11 Å². The maximum absolute atomic E-state index is 10.3. The van der Waals surface area contributed by atoms with E-state index in [2.05, 4.69) is 27.7 Å². The molecule has 2 atom stereocenters. The fraction of sp³-hybridized carbons (Fsp3) is 1.00. The molecule has 0 aromatic carbocycles. The summed E-state index contributed by atoms with van der Waals surface area (Å²) in [5.74, 6) is 1.24. The maximum Gasteiger partial charge on any atom is 0.0652 e. The fourth-order valence-electron chi connectivity index (χ4n) is 2.80. The van der Waals surface area contributed by atoms with Gasteiger partial charge in [-0.25, -0.2) is 0 Å². The predicted octanol–water partition coefficient (Wildman–Crippen LogP) is 3.22. The Hall–Kier alpha value is -0.0400. The smallest absolute Gasteiger partial charge is 0.0652 e. The van der Waals surface area contributed by atoms with Crippen molar-refractivity contribution in [3.63, 3.8) is 0 Å². The Bertz CT molecular complexity index is 172. The van der Waals surface area contributed by atoms with Gasteiger partial charge in [0, 0.05) is 0 Å². The molecule has 0 radical (unpaired) electrons. The van der Waals surface area contributed by atoms with Crippen LogP contribution in [0.25, 0.3) is 0 Å². The molecule has 0 spiro atoms. The van der Waals surface area contributed by atoms with Crippen molar-refractivity contribution in [2.24, 2.45) is 17.3 Å². The minimum absolute atomic E-state index is 0.237. The minimum Gasteiger partial charge on any atom is -0.390 e. The number of aliphatic hydroxyl groups is 1. The summed E-state index contributed by atoms with van der Waals surface area (Å²) in [5, 5.41) is 10.3. The summed E-state index contributed by atoms with van der Waals surface area (Å²) in [6.07, 6.45) is 3.50. The first-order valence-electron chi connectivity index (χ1n) is 5.51. The monoisotopic (exact) mass is 184 g/mol. The second-order valence-electron chi connectivity index (χ2n) is 5.89. The van der Waals surface area contributed by atoms with Crippen LogP contribution in [0.4, 0.5) is 0 Å². The van der Waals surface area contributed by atoms with Crippen LogP contribution < -0.4 is 0 Å². The summed E-state index contributed by atoms with van der Waals surface area (Å²) in [7, 11) is 0. The van der Waals surface area contributed by atoms with Gasteiger partial charge in [0.2, 0.25) is 0 Å². The van der Waals surface area contributed by atoms with Crippen LogP contribution in [0.2, 0.25) is 0 Å². The number of hydrogen-bond acceptors (Lipinski definition) is 1. The molecule has 0 aromatic rings. The molecule has 1 heteroatoms. The van der Waals surface area contributed by atoms with Crippen LogP contribution in [0.1, 0.15) is 53.9 Å². The highest BCUT2D eigenvalue weighted by atomic mass is 16.3. The summed E-state index contributed by atoms with van der Waals surface area (Å²) < 4.78 is 0. The molecule has 1 nitrogen and oxygen atoms in total. The van der Waals surface area contributed by atoms with Gasteiger partial charge in [-0.05, 0) is 43.4 Å². The van der Waals surface area contributed by atoms with E-state index in [9.17, 15) is 5.11 Å². The van der Waals surface area contributed by atoms with Gasteiger partial charge in [0.15, 0.2) is 0 Å². The first kappa shape index (κ1) is 11.0. The highest BCUT2D eigenvalue weighted by Crippen LogP contribution is 2.51. The normalized spacial score (nSPS) is 25.4. The average molecular weight is 184 g/mol. The molecule has 0 aromatic heterocycles. The molecule has 1 saturated carbocycles. The molecule has 0 heterocycles. The number of rotatable bonds is 3. The maximum atomic E-state index is 10.3. The minimum atomic E-state index is -0.473. The van der Waals surface area contributed by atoms with Crippen molar-refractivity contribution in [1.82, 2.24) is 0 Å². The Morgan fingerprint density at radius 1 is 1.23 bits per heavy atom. The van der Waals surface area contributed by atoms with Crippen LogP contribution in [0, 0.1) is 17.3 Å². The fourth-order valence-corrected chi connectivity index (χ4v) is 2.80. The molecular weight excluding hydrogens is 160 g/mol. The Morgan fingerprint density at radius 3 is 1.92 bits per heavy atom. The summed E-state index contributed by atoms with van der Waals surface area (Å²) in [6.45, 7) is 10.8. The van der Waals surface area contributed by atoms with E-state index in [4.69, 9.17) is 0 Å². The third-order valence-electron chi connectivity index (χ3n) is 3.41. The van der Waals surface area contributed by atoms with Gasteiger partial charge in [-0.3, -0.25) is 0 Å². The molecule has 1 aliphatic rings. The van der Waals surface area contributed by atoms with Gasteiger partial charge in [-0.1, -0.05) is 27.7 Å². The van der Waals surface area contributed by atoms with Gasteiger partial charge < -0.3 is 5.11 Å². The lowest BCUT2D eigenvalue weighted by atomic mass is 9.67. The molecular formula is C12H24O. The van der Waals surface area contributed by atoms with Crippen molar-refractivity contribution in [2.75, 3.05) is 0 Å². The molecule has 2 unspecified atom stereocenters. The Balaban J connectivity index is 2.79. The van der Waals surface area contributed by atoms with Gasteiger partial charge in [-0.2, -0.15) is 0 Å². The van der Waals surface area contributed by atoms with E-state index >= 15 is 0 Å². The van der Waals surface area contributed by atoms with Gasteiger partial charge >= 0.3 is 0 Å². The molecule has 1 aliphatic carbocycles. The quantitative estimate of drug-likeness (QED) is 0.714. The number of hydrogen-bond donors (Lipinski definition) is 1. The molecule has 0 amide bonds.